The van der Waals surface area contributed by atoms with Gasteiger partial charge in [0.15, 0.2) is 11.0 Å². The van der Waals surface area contributed by atoms with E-state index in [1.807, 2.05) is 30.7 Å². The predicted molar refractivity (Wildman–Crippen MR) is 102 cm³/mol. The molecule has 0 bridgehead atoms. The summed E-state index contributed by atoms with van der Waals surface area (Å²) in [5, 5.41) is 12.2. The van der Waals surface area contributed by atoms with E-state index in [0.717, 1.165) is 35.1 Å². The smallest absolute Gasteiger partial charge is 0.230 e. The molecule has 1 N–H and O–H groups in total. The first-order valence-electron chi connectivity index (χ1n) is 9.03. The summed E-state index contributed by atoms with van der Waals surface area (Å²) in [6.07, 6.45) is 4.62. The Bertz CT molecular complexity index is 769. The van der Waals surface area contributed by atoms with E-state index < -0.39 is 0 Å². The lowest BCUT2D eigenvalue weighted by Gasteiger charge is -2.11. The molecule has 1 aromatic carbocycles. The van der Waals surface area contributed by atoms with Crippen molar-refractivity contribution in [2.24, 2.45) is 7.05 Å². The second-order valence-corrected chi connectivity index (χ2v) is 7.80. The summed E-state index contributed by atoms with van der Waals surface area (Å²) in [5.74, 6) is 2.02. The van der Waals surface area contributed by atoms with Crippen molar-refractivity contribution in [3.8, 4) is 5.75 Å². The number of carbonyl (C=O) groups excluding carboxylic acids is 1. The molecule has 6 nitrogen and oxygen atoms in total. The van der Waals surface area contributed by atoms with E-state index in [0.29, 0.717) is 18.4 Å². The Labute approximate surface area is 158 Å². The number of amides is 1. The van der Waals surface area contributed by atoms with Crippen LogP contribution in [0.5, 0.6) is 5.75 Å². The van der Waals surface area contributed by atoms with E-state index in [2.05, 4.69) is 28.5 Å². The molecule has 0 radical (unpaired) electrons. The highest BCUT2D eigenvalue weighted by atomic mass is 32.2. The fourth-order valence-electron chi connectivity index (χ4n) is 3.17. The molecule has 7 heteroatoms. The average Bonchev–Trinajstić information content (AvgIpc) is 3.23. The van der Waals surface area contributed by atoms with Crippen molar-refractivity contribution < 1.29 is 9.53 Å². The molecule has 1 amide bonds. The number of hydrogen-bond acceptors (Lipinski definition) is 5. The summed E-state index contributed by atoms with van der Waals surface area (Å²) in [5.41, 5.74) is 2.31. The number of hydrogen-bond donors (Lipinski definition) is 1. The third-order valence-electron chi connectivity index (χ3n) is 4.66. The molecule has 2 aromatic rings. The van der Waals surface area contributed by atoms with Crippen LogP contribution in [0.2, 0.25) is 0 Å². The lowest BCUT2D eigenvalue weighted by molar-refractivity contribution is -0.119. The first-order chi connectivity index (χ1) is 12.5. The summed E-state index contributed by atoms with van der Waals surface area (Å²) in [4.78, 5) is 12.1. The van der Waals surface area contributed by atoms with E-state index in [1.165, 1.54) is 30.2 Å². The van der Waals surface area contributed by atoms with Gasteiger partial charge in [-0.15, -0.1) is 10.2 Å². The average molecular weight is 375 g/mol. The number of benzene rings is 1. The summed E-state index contributed by atoms with van der Waals surface area (Å²) >= 11 is 1.41. The number of nitrogens with zero attached hydrogens (tertiary/aromatic N) is 3. The molecule has 1 fully saturated rings. The zero-order valence-corrected chi connectivity index (χ0v) is 16.4. The fourth-order valence-corrected chi connectivity index (χ4v) is 3.91. The highest BCUT2D eigenvalue weighted by Crippen LogP contribution is 2.21. The van der Waals surface area contributed by atoms with E-state index in [4.69, 9.17) is 4.74 Å². The molecule has 140 valence electrons. The second-order valence-electron chi connectivity index (χ2n) is 6.85. The van der Waals surface area contributed by atoms with Crippen LogP contribution in [0.15, 0.2) is 23.4 Å². The van der Waals surface area contributed by atoms with Gasteiger partial charge >= 0.3 is 0 Å². The summed E-state index contributed by atoms with van der Waals surface area (Å²) in [6.45, 7) is 4.44. The number of carbonyl (C=O) groups is 1. The van der Waals surface area contributed by atoms with Crippen molar-refractivity contribution >= 4 is 17.7 Å². The molecular weight excluding hydrogens is 348 g/mol. The summed E-state index contributed by atoms with van der Waals surface area (Å²) < 4.78 is 7.76. The molecule has 0 saturated heterocycles. The molecule has 0 aliphatic heterocycles. The van der Waals surface area contributed by atoms with Crippen LogP contribution in [0.25, 0.3) is 0 Å². The van der Waals surface area contributed by atoms with Crippen LogP contribution in [0, 0.1) is 13.8 Å². The number of thioether (sulfide) groups is 1. The minimum Gasteiger partial charge on any atom is -0.485 e. The van der Waals surface area contributed by atoms with Gasteiger partial charge in [0, 0.05) is 13.1 Å². The van der Waals surface area contributed by atoms with Crippen LogP contribution in [0.4, 0.5) is 0 Å². The van der Waals surface area contributed by atoms with Crippen LogP contribution in [-0.4, -0.2) is 32.5 Å². The van der Waals surface area contributed by atoms with Crippen molar-refractivity contribution in [2.75, 3.05) is 5.75 Å². The van der Waals surface area contributed by atoms with Gasteiger partial charge in [0.1, 0.15) is 12.4 Å². The predicted octanol–water partition coefficient (Wildman–Crippen LogP) is 3.16. The Morgan fingerprint density at radius 1 is 1.31 bits per heavy atom. The highest BCUT2D eigenvalue weighted by molar-refractivity contribution is 7.99. The van der Waals surface area contributed by atoms with Crippen molar-refractivity contribution in [1.29, 1.82) is 0 Å². The second kappa shape index (κ2) is 8.58. The molecule has 26 heavy (non-hydrogen) atoms. The Balaban J connectivity index is 1.51. The monoisotopic (exact) mass is 374 g/mol. The molecule has 0 atom stereocenters. The zero-order chi connectivity index (χ0) is 18.5. The number of aromatic nitrogens is 3. The van der Waals surface area contributed by atoms with Crippen molar-refractivity contribution in [3.05, 3.63) is 35.2 Å². The van der Waals surface area contributed by atoms with Gasteiger partial charge in [-0.2, -0.15) is 0 Å². The van der Waals surface area contributed by atoms with E-state index in [-0.39, 0.29) is 5.91 Å². The van der Waals surface area contributed by atoms with Gasteiger partial charge in [-0.05, 0) is 38.3 Å². The minimum absolute atomic E-state index is 0.0676. The molecule has 1 aliphatic rings. The SMILES string of the molecule is Cc1ccc(OCc2nnc(SCC(=O)NC3CCCC3)n2C)c(C)c1. The number of rotatable bonds is 7. The standard InChI is InChI=1S/C19H26N4O2S/c1-13-8-9-16(14(2)10-13)25-11-17-21-22-19(23(17)3)26-12-18(24)20-15-6-4-5-7-15/h8-10,15H,4-7,11-12H2,1-3H3,(H,20,24). The van der Waals surface area contributed by atoms with Gasteiger partial charge in [0.25, 0.3) is 0 Å². The minimum atomic E-state index is 0.0676. The Kier molecular flexibility index (Phi) is 6.19. The first-order valence-corrected chi connectivity index (χ1v) is 10.0. The van der Waals surface area contributed by atoms with Crippen molar-refractivity contribution in [2.45, 2.75) is 57.3 Å². The molecule has 3 rings (SSSR count). The van der Waals surface area contributed by atoms with E-state index >= 15 is 0 Å². The molecular formula is C19H26N4O2S. The topological polar surface area (TPSA) is 69.0 Å². The molecule has 0 unspecified atom stereocenters. The van der Waals surface area contributed by atoms with Crippen LogP contribution in [0.3, 0.4) is 0 Å². The highest BCUT2D eigenvalue weighted by Gasteiger charge is 2.18. The van der Waals surface area contributed by atoms with Gasteiger partial charge in [0.2, 0.25) is 5.91 Å². The summed E-state index contributed by atoms with van der Waals surface area (Å²) in [7, 11) is 1.90. The van der Waals surface area contributed by atoms with Gasteiger partial charge in [0.05, 0.1) is 5.75 Å². The van der Waals surface area contributed by atoms with Crippen LogP contribution in [-0.2, 0) is 18.4 Å². The van der Waals surface area contributed by atoms with E-state index in [1.54, 1.807) is 0 Å². The maximum atomic E-state index is 12.1. The van der Waals surface area contributed by atoms with Crippen LogP contribution < -0.4 is 10.1 Å². The lowest BCUT2D eigenvalue weighted by Crippen LogP contribution is -2.33. The Morgan fingerprint density at radius 3 is 2.81 bits per heavy atom. The third kappa shape index (κ3) is 4.78. The van der Waals surface area contributed by atoms with Gasteiger partial charge in [-0.25, -0.2) is 0 Å². The fraction of sp³-hybridized carbons (Fsp3) is 0.526. The third-order valence-corrected chi connectivity index (χ3v) is 5.69. The van der Waals surface area contributed by atoms with Gasteiger partial charge in [-0.3, -0.25) is 4.79 Å². The summed E-state index contributed by atoms with van der Waals surface area (Å²) in [6, 6.07) is 6.45. The first kappa shape index (κ1) is 18.8. The van der Waals surface area contributed by atoms with Crippen LogP contribution in [0.1, 0.15) is 42.6 Å². The quantitative estimate of drug-likeness (QED) is 0.754. The van der Waals surface area contributed by atoms with Gasteiger partial charge < -0.3 is 14.6 Å². The Hall–Kier alpha value is -2.02. The molecule has 1 aromatic heterocycles. The molecule has 1 saturated carbocycles. The number of nitrogens with one attached hydrogen (secondary N) is 1. The van der Waals surface area contributed by atoms with Crippen molar-refractivity contribution in [1.82, 2.24) is 20.1 Å². The maximum Gasteiger partial charge on any atom is 0.230 e. The number of ether oxygens (including phenoxy) is 1. The van der Waals surface area contributed by atoms with Gasteiger partial charge in [-0.1, -0.05) is 42.3 Å². The normalized spacial score (nSPS) is 14.6. The van der Waals surface area contributed by atoms with Crippen LogP contribution >= 0.6 is 11.8 Å². The molecule has 1 heterocycles. The molecule has 0 spiro atoms. The lowest BCUT2D eigenvalue weighted by atomic mass is 10.1. The largest absolute Gasteiger partial charge is 0.485 e. The Morgan fingerprint density at radius 2 is 2.08 bits per heavy atom. The van der Waals surface area contributed by atoms with Crippen molar-refractivity contribution in [3.63, 3.8) is 0 Å². The van der Waals surface area contributed by atoms with E-state index in [9.17, 15) is 4.79 Å². The maximum absolute atomic E-state index is 12.1. The zero-order valence-electron chi connectivity index (χ0n) is 15.6. The number of aryl methyl sites for hydroxylation is 2. The molecule has 1 aliphatic carbocycles.